The molecule has 0 atom stereocenters. The largest absolute Gasteiger partial charge is 0.454 e. The lowest BCUT2D eigenvalue weighted by Gasteiger charge is -2.09. The summed E-state index contributed by atoms with van der Waals surface area (Å²) in [6, 6.07) is 5.90. The number of amides is 1. The zero-order chi connectivity index (χ0) is 22.0. The Hall–Kier alpha value is -2.71. The van der Waals surface area contributed by atoms with Crippen molar-refractivity contribution in [2.75, 3.05) is 11.9 Å². The van der Waals surface area contributed by atoms with Crippen molar-refractivity contribution in [3.05, 3.63) is 61.4 Å². The molecule has 0 aliphatic rings. The first-order chi connectivity index (χ1) is 14.2. The second-order valence-electron chi connectivity index (χ2n) is 7.12. The van der Waals surface area contributed by atoms with Crippen LogP contribution in [0.1, 0.15) is 54.3 Å². The Morgan fingerprint density at radius 2 is 1.90 bits per heavy atom. The summed E-state index contributed by atoms with van der Waals surface area (Å²) in [4.78, 5) is 39.0. The van der Waals surface area contributed by atoms with Gasteiger partial charge in [-0.05, 0) is 50.8 Å². The number of thiophene rings is 2. The van der Waals surface area contributed by atoms with E-state index in [0.29, 0.717) is 22.7 Å². The smallest absolute Gasteiger partial charge is 0.341 e. The van der Waals surface area contributed by atoms with E-state index in [4.69, 9.17) is 4.74 Å². The molecule has 0 aliphatic heterocycles. The standard InChI is InChI=1S/C22H24N2O4S2/c1-12-9-18(14(3)24(12)10-17-7-6-8-29-17)19(26)11-28-22(27)20-13(2)15(4)30-21(20)23-16(5)25/h6-9H,10-11H2,1-5H3,(H,23,25). The second kappa shape index (κ2) is 8.97. The lowest BCUT2D eigenvalue weighted by atomic mass is 10.1. The highest BCUT2D eigenvalue weighted by Gasteiger charge is 2.23. The van der Waals surface area contributed by atoms with Gasteiger partial charge in [-0.25, -0.2) is 4.79 Å². The molecule has 0 aliphatic carbocycles. The molecule has 0 radical (unpaired) electrons. The third-order valence-corrected chi connectivity index (χ3v) is 6.97. The van der Waals surface area contributed by atoms with Crippen molar-refractivity contribution in [2.24, 2.45) is 0 Å². The predicted octanol–water partition coefficient (Wildman–Crippen LogP) is 4.89. The third-order valence-electron chi connectivity index (χ3n) is 4.98. The zero-order valence-electron chi connectivity index (χ0n) is 17.6. The van der Waals surface area contributed by atoms with Crippen molar-refractivity contribution < 1.29 is 19.1 Å². The fourth-order valence-corrected chi connectivity index (χ4v) is 5.07. The van der Waals surface area contributed by atoms with Crippen LogP contribution in [0.5, 0.6) is 0 Å². The van der Waals surface area contributed by atoms with Gasteiger partial charge in [0.2, 0.25) is 11.7 Å². The topological polar surface area (TPSA) is 77.4 Å². The summed E-state index contributed by atoms with van der Waals surface area (Å²) < 4.78 is 7.42. The van der Waals surface area contributed by atoms with Crippen LogP contribution in [-0.4, -0.2) is 28.8 Å². The van der Waals surface area contributed by atoms with E-state index in [1.165, 1.54) is 23.1 Å². The molecule has 0 spiro atoms. The number of aromatic nitrogens is 1. The third kappa shape index (κ3) is 4.55. The molecular weight excluding hydrogens is 420 g/mol. The number of carbonyl (C=O) groups excluding carboxylic acids is 3. The van der Waals surface area contributed by atoms with Crippen LogP contribution >= 0.6 is 22.7 Å². The number of ketones is 1. The Kier molecular flexibility index (Phi) is 6.58. The Balaban J connectivity index is 1.74. The van der Waals surface area contributed by atoms with Crippen molar-refractivity contribution >= 4 is 45.3 Å². The molecule has 1 amide bonds. The monoisotopic (exact) mass is 444 g/mol. The number of aryl methyl sites for hydroxylation is 2. The molecule has 3 aromatic heterocycles. The quantitative estimate of drug-likeness (QED) is 0.416. The molecular formula is C22H24N2O4S2. The van der Waals surface area contributed by atoms with Crippen LogP contribution in [0.15, 0.2) is 23.6 Å². The van der Waals surface area contributed by atoms with Crippen molar-refractivity contribution in [1.82, 2.24) is 4.57 Å². The molecule has 3 rings (SSSR count). The number of ether oxygens (including phenoxy) is 1. The Bertz CT molecular complexity index is 1110. The molecule has 0 unspecified atom stereocenters. The van der Waals surface area contributed by atoms with Gasteiger partial charge in [0, 0.05) is 33.6 Å². The van der Waals surface area contributed by atoms with E-state index in [-0.39, 0.29) is 18.3 Å². The molecule has 3 heterocycles. The zero-order valence-corrected chi connectivity index (χ0v) is 19.3. The summed E-state index contributed by atoms with van der Waals surface area (Å²) in [5.74, 6) is -1.12. The average Bonchev–Trinajstić information content (AvgIpc) is 3.35. The molecule has 0 bridgehead atoms. The fourth-order valence-electron chi connectivity index (χ4n) is 3.29. The van der Waals surface area contributed by atoms with Gasteiger partial charge in [-0.2, -0.15) is 0 Å². The van der Waals surface area contributed by atoms with E-state index in [1.807, 2.05) is 38.3 Å². The van der Waals surface area contributed by atoms with Gasteiger partial charge in [-0.15, -0.1) is 22.7 Å². The van der Waals surface area contributed by atoms with Crippen molar-refractivity contribution in [2.45, 2.75) is 41.2 Å². The fraction of sp³-hybridized carbons (Fsp3) is 0.318. The van der Waals surface area contributed by atoms with E-state index < -0.39 is 5.97 Å². The summed E-state index contributed by atoms with van der Waals surface area (Å²) in [5.41, 5.74) is 3.44. The molecule has 6 nitrogen and oxygen atoms in total. The SMILES string of the molecule is CC(=O)Nc1sc(C)c(C)c1C(=O)OCC(=O)c1cc(C)n(Cc2cccs2)c1C. The molecule has 1 N–H and O–H groups in total. The van der Waals surface area contributed by atoms with Crippen LogP contribution < -0.4 is 5.32 Å². The minimum atomic E-state index is -0.610. The second-order valence-corrected chi connectivity index (χ2v) is 9.38. The van der Waals surface area contributed by atoms with Crippen LogP contribution in [0.4, 0.5) is 5.00 Å². The minimum absolute atomic E-state index is 0.250. The number of hydrogen-bond donors (Lipinski definition) is 1. The molecule has 158 valence electrons. The summed E-state index contributed by atoms with van der Waals surface area (Å²) >= 11 is 2.99. The average molecular weight is 445 g/mol. The summed E-state index contributed by atoms with van der Waals surface area (Å²) in [5, 5.41) is 5.14. The van der Waals surface area contributed by atoms with Gasteiger partial charge in [0.25, 0.3) is 0 Å². The van der Waals surface area contributed by atoms with Gasteiger partial charge in [0.1, 0.15) is 5.00 Å². The molecule has 0 aromatic carbocycles. The molecule has 0 saturated heterocycles. The number of anilines is 1. The van der Waals surface area contributed by atoms with Crippen LogP contribution in [0.2, 0.25) is 0 Å². The van der Waals surface area contributed by atoms with Gasteiger partial charge >= 0.3 is 5.97 Å². The Morgan fingerprint density at radius 3 is 2.53 bits per heavy atom. The predicted molar refractivity (Wildman–Crippen MR) is 120 cm³/mol. The van der Waals surface area contributed by atoms with Crippen molar-refractivity contribution in [3.63, 3.8) is 0 Å². The van der Waals surface area contributed by atoms with E-state index in [2.05, 4.69) is 16.0 Å². The molecule has 8 heteroatoms. The number of esters is 1. The molecule has 0 saturated carbocycles. The summed E-state index contributed by atoms with van der Waals surface area (Å²) in [7, 11) is 0. The maximum Gasteiger partial charge on any atom is 0.341 e. The van der Waals surface area contributed by atoms with E-state index in [9.17, 15) is 14.4 Å². The highest BCUT2D eigenvalue weighted by molar-refractivity contribution is 7.16. The van der Waals surface area contributed by atoms with Crippen LogP contribution in [0.25, 0.3) is 0 Å². The lowest BCUT2D eigenvalue weighted by molar-refractivity contribution is -0.114. The number of rotatable bonds is 7. The van der Waals surface area contributed by atoms with Crippen LogP contribution in [0.3, 0.4) is 0 Å². The number of carbonyl (C=O) groups is 3. The lowest BCUT2D eigenvalue weighted by Crippen LogP contribution is -2.17. The Labute approximate surface area is 183 Å². The van der Waals surface area contributed by atoms with E-state index in [1.54, 1.807) is 18.3 Å². The van der Waals surface area contributed by atoms with Gasteiger partial charge in [-0.3, -0.25) is 9.59 Å². The van der Waals surface area contributed by atoms with E-state index in [0.717, 1.165) is 21.8 Å². The summed E-state index contributed by atoms with van der Waals surface area (Å²) in [6.45, 7) is 9.27. The van der Waals surface area contributed by atoms with Crippen LogP contribution in [0, 0.1) is 27.7 Å². The summed E-state index contributed by atoms with van der Waals surface area (Å²) in [6.07, 6.45) is 0. The van der Waals surface area contributed by atoms with Gasteiger partial charge < -0.3 is 14.6 Å². The first-order valence-electron chi connectivity index (χ1n) is 9.46. The van der Waals surface area contributed by atoms with Crippen molar-refractivity contribution in [3.8, 4) is 0 Å². The maximum atomic E-state index is 12.8. The first-order valence-corrected chi connectivity index (χ1v) is 11.2. The molecule has 30 heavy (non-hydrogen) atoms. The minimum Gasteiger partial charge on any atom is -0.454 e. The number of nitrogens with one attached hydrogen (secondary N) is 1. The Morgan fingerprint density at radius 1 is 1.17 bits per heavy atom. The van der Waals surface area contributed by atoms with Crippen molar-refractivity contribution in [1.29, 1.82) is 0 Å². The normalized spacial score (nSPS) is 10.8. The van der Waals surface area contributed by atoms with Crippen LogP contribution in [-0.2, 0) is 16.1 Å². The van der Waals surface area contributed by atoms with E-state index >= 15 is 0 Å². The van der Waals surface area contributed by atoms with Gasteiger partial charge in [0.15, 0.2) is 6.61 Å². The highest BCUT2D eigenvalue weighted by Crippen LogP contribution is 2.33. The first kappa shape index (κ1) is 22.0. The number of nitrogens with zero attached hydrogens (tertiary/aromatic N) is 1. The number of Topliss-reactive ketones (excluding diaryl/α,β-unsaturated/α-hetero) is 1. The molecule has 0 fully saturated rings. The highest BCUT2D eigenvalue weighted by atomic mass is 32.1. The molecule has 3 aromatic rings. The van der Waals surface area contributed by atoms with Gasteiger partial charge in [-0.1, -0.05) is 6.07 Å². The van der Waals surface area contributed by atoms with Gasteiger partial charge in [0.05, 0.1) is 12.1 Å². The number of hydrogen-bond acceptors (Lipinski definition) is 6. The maximum absolute atomic E-state index is 12.8.